The zero-order valence-electron chi connectivity index (χ0n) is 12.5. The molecule has 2 amide bonds. The Kier molecular flexibility index (Phi) is 4.69. The van der Waals surface area contributed by atoms with Crippen molar-refractivity contribution in [1.29, 1.82) is 0 Å². The number of carbonyl (C=O) groups is 2. The maximum atomic E-state index is 12.5. The van der Waals surface area contributed by atoms with E-state index in [1.54, 1.807) is 30.5 Å². The van der Waals surface area contributed by atoms with E-state index in [1.807, 2.05) is 23.5 Å². The number of carbonyl (C=O) groups excluding carboxylic acids is 2. The molecule has 2 aromatic rings. The predicted molar refractivity (Wildman–Crippen MR) is 87.1 cm³/mol. The molecular formula is C17H17ClN3O2+. The molecular weight excluding hydrogens is 314 g/mol. The third-order valence-electron chi connectivity index (χ3n) is 3.84. The van der Waals surface area contributed by atoms with Crippen molar-refractivity contribution in [1.82, 2.24) is 4.98 Å². The van der Waals surface area contributed by atoms with Gasteiger partial charge < -0.3 is 5.32 Å². The summed E-state index contributed by atoms with van der Waals surface area (Å²) < 4.78 is 0. The molecule has 23 heavy (non-hydrogen) atoms. The molecule has 0 bridgehead atoms. The van der Waals surface area contributed by atoms with Crippen LogP contribution in [0, 0.1) is 0 Å². The summed E-state index contributed by atoms with van der Waals surface area (Å²) in [5, 5.41) is 2.50. The van der Waals surface area contributed by atoms with E-state index in [1.165, 1.54) is 4.90 Å². The lowest BCUT2D eigenvalue weighted by atomic mass is 10.2. The Morgan fingerprint density at radius 1 is 1.17 bits per heavy atom. The molecule has 1 aliphatic rings. The van der Waals surface area contributed by atoms with Crippen molar-refractivity contribution in [2.24, 2.45) is 0 Å². The van der Waals surface area contributed by atoms with Crippen molar-refractivity contribution in [3.63, 3.8) is 0 Å². The molecule has 1 saturated heterocycles. The van der Waals surface area contributed by atoms with Crippen LogP contribution in [0.25, 0.3) is 0 Å². The highest BCUT2D eigenvalue weighted by atomic mass is 35.5. The molecule has 1 aromatic carbocycles. The SMILES string of the molecule is O=C1CC([NH2+]CCc2ccccn2)C(=O)N1c1ccc(Cl)cc1. The lowest BCUT2D eigenvalue weighted by Crippen LogP contribution is -2.92. The molecule has 1 unspecified atom stereocenters. The number of halogens is 1. The first-order chi connectivity index (χ1) is 11.1. The first-order valence-corrected chi connectivity index (χ1v) is 7.88. The van der Waals surface area contributed by atoms with Crippen LogP contribution >= 0.6 is 11.6 Å². The van der Waals surface area contributed by atoms with Gasteiger partial charge in [0.2, 0.25) is 5.91 Å². The van der Waals surface area contributed by atoms with Gasteiger partial charge in [-0.2, -0.15) is 0 Å². The maximum absolute atomic E-state index is 12.5. The Balaban J connectivity index is 1.61. The highest BCUT2D eigenvalue weighted by molar-refractivity contribution is 6.30. The average Bonchev–Trinajstić information content (AvgIpc) is 2.84. The van der Waals surface area contributed by atoms with Gasteiger partial charge in [0.25, 0.3) is 5.91 Å². The Morgan fingerprint density at radius 3 is 2.65 bits per heavy atom. The van der Waals surface area contributed by atoms with Crippen LogP contribution in [0.3, 0.4) is 0 Å². The highest BCUT2D eigenvalue weighted by Gasteiger charge is 2.41. The Hall–Kier alpha value is -2.24. The van der Waals surface area contributed by atoms with Gasteiger partial charge in [-0.3, -0.25) is 14.6 Å². The number of nitrogens with two attached hydrogens (primary N) is 1. The summed E-state index contributed by atoms with van der Waals surface area (Å²) >= 11 is 5.85. The van der Waals surface area contributed by atoms with E-state index in [2.05, 4.69) is 4.98 Å². The fourth-order valence-corrected chi connectivity index (χ4v) is 2.81. The van der Waals surface area contributed by atoms with Gasteiger partial charge in [0.05, 0.1) is 18.7 Å². The van der Waals surface area contributed by atoms with E-state index >= 15 is 0 Å². The molecule has 118 valence electrons. The summed E-state index contributed by atoms with van der Waals surface area (Å²) in [4.78, 5) is 30.1. The quantitative estimate of drug-likeness (QED) is 0.837. The molecule has 1 aliphatic heterocycles. The zero-order valence-corrected chi connectivity index (χ0v) is 13.2. The van der Waals surface area contributed by atoms with Crippen LogP contribution in [-0.2, 0) is 16.0 Å². The highest BCUT2D eigenvalue weighted by Crippen LogP contribution is 2.23. The van der Waals surface area contributed by atoms with Crippen molar-refractivity contribution in [3.05, 3.63) is 59.4 Å². The number of aromatic nitrogens is 1. The molecule has 0 aliphatic carbocycles. The summed E-state index contributed by atoms with van der Waals surface area (Å²) in [7, 11) is 0. The first kappa shape index (κ1) is 15.6. The van der Waals surface area contributed by atoms with Crippen molar-refractivity contribution >= 4 is 29.1 Å². The topological polar surface area (TPSA) is 66.9 Å². The van der Waals surface area contributed by atoms with Gasteiger partial charge in [0.1, 0.15) is 0 Å². The van der Waals surface area contributed by atoms with Gasteiger partial charge in [-0.05, 0) is 36.4 Å². The van der Waals surface area contributed by atoms with E-state index in [4.69, 9.17) is 11.6 Å². The van der Waals surface area contributed by atoms with Crippen LogP contribution in [0.2, 0.25) is 5.02 Å². The molecule has 1 aromatic heterocycles. The monoisotopic (exact) mass is 330 g/mol. The summed E-state index contributed by atoms with van der Waals surface area (Å²) in [6.45, 7) is 0.717. The summed E-state index contributed by atoms with van der Waals surface area (Å²) in [5.74, 6) is -0.338. The number of nitrogens with zero attached hydrogens (tertiary/aromatic N) is 2. The maximum Gasteiger partial charge on any atom is 0.292 e. The molecule has 0 radical (unpaired) electrons. The summed E-state index contributed by atoms with van der Waals surface area (Å²) in [5.41, 5.74) is 1.56. The lowest BCUT2D eigenvalue weighted by molar-refractivity contribution is -0.674. The van der Waals surface area contributed by atoms with Gasteiger partial charge >= 0.3 is 0 Å². The first-order valence-electron chi connectivity index (χ1n) is 7.51. The van der Waals surface area contributed by atoms with Gasteiger partial charge in [-0.15, -0.1) is 0 Å². The molecule has 0 saturated carbocycles. The van der Waals surface area contributed by atoms with Crippen LogP contribution in [0.4, 0.5) is 5.69 Å². The summed E-state index contributed by atoms with van der Waals surface area (Å²) in [6, 6.07) is 12.1. The van der Waals surface area contributed by atoms with Crippen LogP contribution in [-0.4, -0.2) is 29.4 Å². The minimum absolute atomic E-state index is 0.168. The Bertz CT molecular complexity index is 704. The number of rotatable bonds is 5. The number of imide groups is 1. The third kappa shape index (κ3) is 3.57. The van der Waals surface area contributed by atoms with Crippen molar-refractivity contribution in [3.8, 4) is 0 Å². The number of hydrogen-bond donors (Lipinski definition) is 1. The predicted octanol–water partition coefficient (Wildman–Crippen LogP) is 1.17. The summed E-state index contributed by atoms with van der Waals surface area (Å²) in [6.07, 6.45) is 2.74. The number of hydrogen-bond acceptors (Lipinski definition) is 3. The fourth-order valence-electron chi connectivity index (χ4n) is 2.68. The lowest BCUT2D eigenvalue weighted by Gasteiger charge is -2.14. The number of benzene rings is 1. The zero-order chi connectivity index (χ0) is 16.2. The number of quaternary nitrogens is 1. The second-order valence-corrected chi connectivity index (χ2v) is 5.89. The van der Waals surface area contributed by atoms with Crippen LogP contribution in [0.1, 0.15) is 12.1 Å². The van der Waals surface area contributed by atoms with Gasteiger partial charge in [-0.1, -0.05) is 17.7 Å². The van der Waals surface area contributed by atoms with E-state index in [0.29, 0.717) is 10.7 Å². The number of anilines is 1. The van der Waals surface area contributed by atoms with Gasteiger partial charge in [0.15, 0.2) is 6.04 Å². The van der Waals surface area contributed by atoms with Crippen LogP contribution in [0.15, 0.2) is 48.7 Å². The largest absolute Gasteiger partial charge is 0.335 e. The molecule has 3 rings (SSSR count). The average molecular weight is 331 g/mol. The second kappa shape index (κ2) is 6.89. The van der Waals surface area contributed by atoms with Gasteiger partial charge in [-0.25, -0.2) is 4.90 Å². The number of amides is 2. The minimum atomic E-state index is -0.359. The third-order valence-corrected chi connectivity index (χ3v) is 4.10. The molecule has 2 heterocycles. The fraction of sp³-hybridized carbons (Fsp3) is 0.235. The Morgan fingerprint density at radius 2 is 1.96 bits per heavy atom. The van der Waals surface area contributed by atoms with E-state index in [9.17, 15) is 9.59 Å². The van der Waals surface area contributed by atoms with E-state index < -0.39 is 0 Å². The Labute approximate surface area is 139 Å². The molecule has 1 fully saturated rings. The number of pyridine rings is 1. The molecule has 5 nitrogen and oxygen atoms in total. The molecule has 6 heteroatoms. The second-order valence-electron chi connectivity index (χ2n) is 5.45. The van der Waals surface area contributed by atoms with E-state index in [-0.39, 0.29) is 24.3 Å². The molecule has 1 atom stereocenters. The van der Waals surface area contributed by atoms with Crippen LogP contribution < -0.4 is 10.2 Å². The van der Waals surface area contributed by atoms with Crippen molar-refractivity contribution in [2.75, 3.05) is 11.4 Å². The minimum Gasteiger partial charge on any atom is -0.335 e. The molecule has 0 spiro atoms. The standard InChI is InChI=1S/C17H16ClN3O2/c18-12-4-6-14(7-5-12)21-16(22)11-15(17(21)23)20-10-8-13-3-1-2-9-19-13/h1-7,9,15,20H,8,10-11H2/p+1. The normalized spacial score (nSPS) is 17.8. The van der Waals surface area contributed by atoms with E-state index in [0.717, 1.165) is 18.7 Å². The smallest absolute Gasteiger partial charge is 0.292 e. The van der Waals surface area contributed by atoms with Crippen molar-refractivity contribution in [2.45, 2.75) is 18.9 Å². The van der Waals surface area contributed by atoms with Gasteiger partial charge in [0, 0.05) is 23.3 Å². The van der Waals surface area contributed by atoms with Crippen molar-refractivity contribution < 1.29 is 14.9 Å². The molecule has 2 N–H and O–H groups in total. The van der Waals surface area contributed by atoms with Crippen LogP contribution in [0.5, 0.6) is 0 Å².